The summed E-state index contributed by atoms with van der Waals surface area (Å²) in [5, 5.41) is 10.8. The van der Waals surface area contributed by atoms with Crippen LogP contribution in [0.25, 0.3) is 22.4 Å². The number of aromatic carboxylic acids is 1. The number of nitrogens with zero attached hydrogens (tertiary/aromatic N) is 2. The van der Waals surface area contributed by atoms with Crippen LogP contribution in [0.5, 0.6) is 5.75 Å². The first-order chi connectivity index (χ1) is 21.0. The average molecular weight is 653 g/mol. The van der Waals surface area contributed by atoms with E-state index in [0.717, 1.165) is 19.4 Å². The lowest BCUT2D eigenvalue weighted by molar-refractivity contribution is -0.274. The fraction of sp³-hybridized carbons (Fsp3) is 0.379. The largest absolute Gasteiger partial charge is 0.573 e. The molecule has 1 fully saturated rings. The maximum absolute atomic E-state index is 13.6. The van der Waals surface area contributed by atoms with E-state index in [1.807, 2.05) is 0 Å². The first-order valence-corrected chi connectivity index (χ1v) is 15.6. The Hall–Kier alpha value is -4.60. The molecule has 3 N–H and O–H groups in total. The number of alkyl halides is 3. The summed E-state index contributed by atoms with van der Waals surface area (Å²) in [6.07, 6.45) is -3.23. The first kappa shape index (κ1) is 33.3. The van der Waals surface area contributed by atoms with Gasteiger partial charge < -0.3 is 29.8 Å². The number of H-pyrrole nitrogens is 1. The van der Waals surface area contributed by atoms with Gasteiger partial charge in [-0.2, -0.15) is 0 Å². The van der Waals surface area contributed by atoms with E-state index >= 15 is 0 Å². The molecule has 2 amide bonds. The van der Waals surface area contributed by atoms with Gasteiger partial charge in [0.05, 0.1) is 35.9 Å². The number of alkyl carbamates (subject to hydrolysis) is 1. The molecule has 1 aromatic heterocycles. The topological polar surface area (TPSA) is 168 Å². The molecular formula is C29H31F3N4O8S. The average Bonchev–Trinajstić information content (AvgIpc) is 3.62. The number of ether oxygens (including phenoxy) is 2. The van der Waals surface area contributed by atoms with Crippen LogP contribution in [0.2, 0.25) is 0 Å². The lowest BCUT2D eigenvalue weighted by atomic mass is 10.0. The van der Waals surface area contributed by atoms with Gasteiger partial charge in [-0.3, -0.25) is 4.79 Å². The van der Waals surface area contributed by atoms with Gasteiger partial charge in [0.25, 0.3) is 0 Å². The molecule has 3 atom stereocenters. The summed E-state index contributed by atoms with van der Waals surface area (Å²) < 4.78 is 72.8. The molecule has 2 heterocycles. The molecule has 0 bridgehead atoms. The number of hydrogen-bond donors (Lipinski definition) is 3. The zero-order valence-corrected chi connectivity index (χ0v) is 25.4. The van der Waals surface area contributed by atoms with Crippen molar-refractivity contribution >= 4 is 27.8 Å². The number of nitrogens with one attached hydrogen (secondary N) is 2. The molecule has 0 spiro atoms. The second-order valence-corrected chi connectivity index (χ2v) is 13.2. The van der Waals surface area contributed by atoms with E-state index in [9.17, 15) is 41.1 Å². The molecule has 3 aromatic rings. The molecule has 45 heavy (non-hydrogen) atoms. The van der Waals surface area contributed by atoms with Crippen molar-refractivity contribution in [3.05, 3.63) is 60.0 Å². The van der Waals surface area contributed by atoms with E-state index in [4.69, 9.17) is 0 Å². The third kappa shape index (κ3) is 7.74. The van der Waals surface area contributed by atoms with E-state index in [1.165, 1.54) is 35.4 Å². The minimum Gasteiger partial charge on any atom is -0.478 e. The molecule has 242 valence electrons. The minimum absolute atomic E-state index is 0.0152. The van der Waals surface area contributed by atoms with Crippen LogP contribution in [0.4, 0.5) is 18.0 Å². The van der Waals surface area contributed by atoms with Gasteiger partial charge in [-0.15, -0.1) is 13.2 Å². The van der Waals surface area contributed by atoms with E-state index < -0.39 is 57.3 Å². The number of benzene rings is 2. The zero-order valence-electron chi connectivity index (χ0n) is 24.6. The first-order valence-electron chi connectivity index (χ1n) is 13.6. The number of carbonyl (C=O) groups is 3. The van der Waals surface area contributed by atoms with Crippen molar-refractivity contribution in [2.24, 2.45) is 5.92 Å². The third-order valence-electron chi connectivity index (χ3n) is 7.42. The standard InChI is InChI=1S/C29H31F3N4O8S/c1-15(2)24(35-28(40)43-3)26(37)36-14-19(45(4,41)42)12-22(36)25-33-13-21(34-25)17-7-5-16(6-8-17)20-10-9-18(27(38)39)11-23(20)44-29(30,31)32/h5-11,13,15,19,22,24H,12,14H2,1-4H3,(H,33,34)(H,35,40)(H,38,39). The van der Waals surface area contributed by atoms with Gasteiger partial charge in [0.1, 0.15) is 17.6 Å². The summed E-state index contributed by atoms with van der Waals surface area (Å²) in [6.45, 7) is 3.35. The number of halogens is 3. The lowest BCUT2D eigenvalue weighted by Crippen LogP contribution is -2.51. The summed E-state index contributed by atoms with van der Waals surface area (Å²) in [5.74, 6) is -2.63. The van der Waals surface area contributed by atoms with Crippen molar-refractivity contribution in [2.45, 2.75) is 44.0 Å². The molecule has 0 saturated carbocycles. The Kier molecular flexibility index (Phi) is 9.46. The molecule has 4 rings (SSSR count). The number of hydrogen-bond acceptors (Lipinski definition) is 8. The molecule has 1 aliphatic rings. The second-order valence-electron chi connectivity index (χ2n) is 10.9. The maximum atomic E-state index is 13.6. The van der Waals surface area contributed by atoms with E-state index in [0.29, 0.717) is 22.6 Å². The number of imidazole rings is 1. The molecule has 1 saturated heterocycles. The summed E-state index contributed by atoms with van der Waals surface area (Å²) in [5.41, 5.74) is 1.00. The van der Waals surface area contributed by atoms with E-state index in [2.05, 4.69) is 24.8 Å². The van der Waals surface area contributed by atoms with Crippen LogP contribution in [0.15, 0.2) is 48.7 Å². The predicted octanol–water partition coefficient (Wildman–Crippen LogP) is 4.41. The highest BCUT2D eigenvalue weighted by molar-refractivity contribution is 7.91. The molecule has 12 nitrogen and oxygen atoms in total. The maximum Gasteiger partial charge on any atom is 0.573 e. The quantitative estimate of drug-likeness (QED) is 0.303. The fourth-order valence-corrected chi connectivity index (χ4v) is 6.04. The van der Waals surface area contributed by atoms with E-state index in [-0.39, 0.29) is 30.0 Å². The van der Waals surface area contributed by atoms with Crippen LogP contribution in [0.3, 0.4) is 0 Å². The zero-order chi connectivity index (χ0) is 33.3. The normalized spacial score (nSPS) is 17.6. The summed E-state index contributed by atoms with van der Waals surface area (Å²) >= 11 is 0. The number of rotatable bonds is 9. The Labute approximate surface area is 256 Å². The predicted molar refractivity (Wildman–Crippen MR) is 155 cm³/mol. The summed E-state index contributed by atoms with van der Waals surface area (Å²) in [6, 6.07) is 7.66. The van der Waals surface area contributed by atoms with Crippen molar-refractivity contribution in [1.29, 1.82) is 0 Å². The van der Waals surface area contributed by atoms with Gasteiger partial charge >= 0.3 is 18.4 Å². The Morgan fingerprint density at radius 2 is 1.76 bits per heavy atom. The highest BCUT2D eigenvalue weighted by Crippen LogP contribution is 2.37. The van der Waals surface area contributed by atoms with Gasteiger partial charge in [-0.05, 0) is 41.7 Å². The smallest absolute Gasteiger partial charge is 0.478 e. The summed E-state index contributed by atoms with van der Waals surface area (Å²) in [4.78, 5) is 45.7. The van der Waals surface area contributed by atoms with Crippen molar-refractivity contribution in [1.82, 2.24) is 20.2 Å². The Balaban J connectivity index is 1.64. The minimum atomic E-state index is -5.05. The van der Waals surface area contributed by atoms with E-state index in [1.54, 1.807) is 26.0 Å². The SMILES string of the molecule is COC(=O)NC(C(=O)N1CC(S(C)(=O)=O)CC1c1ncc(-c2ccc(-c3ccc(C(=O)O)cc3OC(F)(F)F)cc2)[nH]1)C(C)C. The molecule has 0 radical (unpaired) electrons. The highest BCUT2D eigenvalue weighted by Gasteiger charge is 2.44. The number of aromatic nitrogens is 2. The third-order valence-corrected chi connectivity index (χ3v) is 8.97. The van der Waals surface area contributed by atoms with Crippen molar-refractivity contribution in [3.63, 3.8) is 0 Å². The van der Waals surface area contributed by atoms with Gasteiger partial charge in [0.2, 0.25) is 5.91 Å². The molecule has 0 aliphatic carbocycles. The van der Waals surface area contributed by atoms with Crippen molar-refractivity contribution in [3.8, 4) is 28.1 Å². The van der Waals surface area contributed by atoms with Gasteiger partial charge in [-0.1, -0.05) is 38.1 Å². The molecular weight excluding hydrogens is 621 g/mol. The van der Waals surface area contributed by atoms with Crippen LogP contribution >= 0.6 is 0 Å². The Morgan fingerprint density at radius 1 is 1.11 bits per heavy atom. The monoisotopic (exact) mass is 652 g/mol. The van der Waals surface area contributed by atoms with Crippen molar-refractivity contribution < 1.29 is 50.6 Å². The Morgan fingerprint density at radius 3 is 2.31 bits per heavy atom. The number of aromatic amines is 1. The van der Waals surface area contributed by atoms with Crippen LogP contribution in [-0.2, 0) is 19.4 Å². The summed E-state index contributed by atoms with van der Waals surface area (Å²) in [7, 11) is -2.38. The van der Waals surface area contributed by atoms with Crippen LogP contribution < -0.4 is 10.1 Å². The second kappa shape index (κ2) is 12.8. The number of carboxylic acid groups (broad SMARTS) is 1. The van der Waals surface area contributed by atoms with Gasteiger partial charge in [0, 0.05) is 18.4 Å². The number of sulfone groups is 1. The molecule has 3 unspecified atom stereocenters. The molecule has 16 heteroatoms. The van der Waals surface area contributed by atoms with Crippen LogP contribution in [-0.4, -0.2) is 83.9 Å². The molecule has 2 aromatic carbocycles. The van der Waals surface area contributed by atoms with Gasteiger partial charge in [0.15, 0.2) is 9.84 Å². The molecule has 1 aliphatic heterocycles. The van der Waals surface area contributed by atoms with Crippen LogP contribution in [0, 0.1) is 5.92 Å². The number of likely N-dealkylation sites (tertiary alicyclic amines) is 1. The number of carbonyl (C=O) groups excluding carboxylic acids is 2. The van der Waals surface area contributed by atoms with Gasteiger partial charge in [-0.25, -0.2) is 23.0 Å². The van der Waals surface area contributed by atoms with Crippen molar-refractivity contribution in [2.75, 3.05) is 19.9 Å². The van der Waals surface area contributed by atoms with Crippen LogP contribution in [0.1, 0.15) is 42.5 Å². The lowest BCUT2D eigenvalue weighted by Gasteiger charge is -2.30. The fourth-order valence-electron chi connectivity index (χ4n) is 5.07. The Bertz CT molecular complexity index is 1690. The number of carboxylic acids is 1. The number of amides is 2. The number of methoxy groups -OCH3 is 1. The highest BCUT2D eigenvalue weighted by atomic mass is 32.2.